The second-order valence-electron chi connectivity index (χ2n) is 5.19. The van der Waals surface area contributed by atoms with Crippen LogP contribution >= 0.6 is 0 Å². The maximum absolute atomic E-state index is 12.2. The molecule has 5 nitrogen and oxygen atoms in total. The number of ether oxygens (including phenoxy) is 1. The average Bonchev–Trinajstić information content (AvgIpc) is 2.97. The zero-order valence-electron chi connectivity index (χ0n) is 10.6. The van der Waals surface area contributed by atoms with E-state index in [1.54, 1.807) is 4.90 Å². The number of amides is 1. The molecule has 1 aliphatic carbocycles. The van der Waals surface area contributed by atoms with Crippen molar-refractivity contribution >= 4 is 11.9 Å². The van der Waals surface area contributed by atoms with E-state index >= 15 is 0 Å². The van der Waals surface area contributed by atoms with Crippen LogP contribution in [0.5, 0.6) is 0 Å². The first-order valence-corrected chi connectivity index (χ1v) is 6.79. The van der Waals surface area contributed by atoms with Gasteiger partial charge in [0.25, 0.3) is 0 Å². The molecule has 1 saturated carbocycles. The maximum atomic E-state index is 12.2. The lowest BCUT2D eigenvalue weighted by Crippen LogP contribution is -2.43. The van der Waals surface area contributed by atoms with E-state index in [1.165, 1.54) is 0 Å². The molecular weight excluding hydrogens is 234 g/mol. The lowest BCUT2D eigenvalue weighted by atomic mass is 10.1. The summed E-state index contributed by atoms with van der Waals surface area (Å²) in [7, 11) is 0. The lowest BCUT2D eigenvalue weighted by Gasteiger charge is -2.28. The van der Waals surface area contributed by atoms with Crippen molar-refractivity contribution in [3.8, 4) is 0 Å². The molecule has 0 aromatic heterocycles. The van der Waals surface area contributed by atoms with E-state index in [2.05, 4.69) is 0 Å². The highest BCUT2D eigenvalue weighted by atomic mass is 16.5. The molecule has 1 N–H and O–H groups in total. The highest BCUT2D eigenvalue weighted by Crippen LogP contribution is 2.25. The summed E-state index contributed by atoms with van der Waals surface area (Å²) in [5, 5.41) is 8.93. The molecule has 0 bridgehead atoms. The van der Waals surface area contributed by atoms with Crippen molar-refractivity contribution in [2.24, 2.45) is 0 Å². The molecule has 0 aromatic carbocycles. The fourth-order valence-electron chi connectivity index (χ4n) is 2.90. The molecular formula is C13H21NO4. The summed E-state index contributed by atoms with van der Waals surface area (Å²) in [4.78, 5) is 24.6. The molecule has 2 aliphatic rings. The van der Waals surface area contributed by atoms with Crippen molar-refractivity contribution in [3.05, 3.63) is 0 Å². The van der Waals surface area contributed by atoms with Crippen molar-refractivity contribution in [3.63, 3.8) is 0 Å². The van der Waals surface area contributed by atoms with Gasteiger partial charge in [-0.2, -0.15) is 0 Å². The van der Waals surface area contributed by atoms with Gasteiger partial charge in [-0.15, -0.1) is 0 Å². The lowest BCUT2D eigenvalue weighted by molar-refractivity contribution is -0.147. The molecule has 5 heteroatoms. The van der Waals surface area contributed by atoms with Gasteiger partial charge in [0.15, 0.2) is 0 Å². The van der Waals surface area contributed by atoms with Gasteiger partial charge in [0.1, 0.15) is 6.54 Å². The average molecular weight is 255 g/mol. The van der Waals surface area contributed by atoms with Crippen LogP contribution in [0.1, 0.15) is 44.9 Å². The molecule has 1 unspecified atom stereocenters. The quantitative estimate of drug-likeness (QED) is 0.806. The second-order valence-corrected chi connectivity index (χ2v) is 5.19. The molecule has 0 aromatic rings. The molecule has 1 heterocycles. The summed E-state index contributed by atoms with van der Waals surface area (Å²) < 4.78 is 5.45. The van der Waals surface area contributed by atoms with Crippen LogP contribution in [0.3, 0.4) is 0 Å². The third-order valence-electron chi connectivity index (χ3n) is 3.82. The van der Waals surface area contributed by atoms with Crippen molar-refractivity contribution in [1.29, 1.82) is 0 Å². The number of carboxylic acid groups (broad SMARTS) is 1. The van der Waals surface area contributed by atoms with Gasteiger partial charge in [0.2, 0.25) is 5.91 Å². The Balaban J connectivity index is 1.93. The predicted octanol–water partition coefficient (Wildman–Crippen LogP) is 1.41. The third-order valence-corrected chi connectivity index (χ3v) is 3.82. The first kappa shape index (κ1) is 13.3. The maximum Gasteiger partial charge on any atom is 0.323 e. The summed E-state index contributed by atoms with van der Waals surface area (Å²) in [6.07, 6.45) is 6.30. The van der Waals surface area contributed by atoms with Crippen LogP contribution < -0.4 is 0 Å². The SMILES string of the molecule is O=C(O)CN(C(=O)CC1CCCO1)C1CCCC1. The van der Waals surface area contributed by atoms with Crippen LogP contribution in [0.2, 0.25) is 0 Å². The zero-order valence-corrected chi connectivity index (χ0v) is 10.6. The number of carbonyl (C=O) groups excluding carboxylic acids is 1. The number of hydrogen-bond donors (Lipinski definition) is 1. The Kier molecular flexibility index (Phi) is 4.58. The standard InChI is InChI=1S/C13H21NO4/c15-12(8-11-6-3-7-18-11)14(9-13(16)17)10-4-1-2-5-10/h10-11H,1-9H2,(H,16,17). The van der Waals surface area contributed by atoms with Crippen molar-refractivity contribution in [2.75, 3.05) is 13.2 Å². The Morgan fingerprint density at radius 2 is 1.89 bits per heavy atom. The first-order chi connectivity index (χ1) is 8.66. The fourth-order valence-corrected chi connectivity index (χ4v) is 2.90. The minimum absolute atomic E-state index is 0.00445. The number of hydrogen-bond acceptors (Lipinski definition) is 3. The number of nitrogens with zero attached hydrogens (tertiary/aromatic N) is 1. The van der Waals surface area contributed by atoms with E-state index in [4.69, 9.17) is 9.84 Å². The topological polar surface area (TPSA) is 66.8 Å². The fraction of sp³-hybridized carbons (Fsp3) is 0.846. The molecule has 102 valence electrons. The van der Waals surface area contributed by atoms with Crippen LogP contribution in [-0.4, -0.2) is 47.2 Å². The van der Waals surface area contributed by atoms with E-state index in [9.17, 15) is 9.59 Å². The van der Waals surface area contributed by atoms with Crippen molar-refractivity contribution in [1.82, 2.24) is 4.90 Å². The van der Waals surface area contributed by atoms with Gasteiger partial charge in [0, 0.05) is 12.6 Å². The smallest absolute Gasteiger partial charge is 0.323 e. The third kappa shape index (κ3) is 3.45. The molecule has 2 fully saturated rings. The largest absolute Gasteiger partial charge is 0.480 e. The minimum atomic E-state index is -0.928. The first-order valence-electron chi connectivity index (χ1n) is 6.79. The zero-order chi connectivity index (χ0) is 13.0. The predicted molar refractivity (Wildman–Crippen MR) is 65.2 cm³/mol. The van der Waals surface area contributed by atoms with E-state index in [0.717, 1.165) is 45.1 Å². The van der Waals surface area contributed by atoms with Gasteiger partial charge in [-0.05, 0) is 25.7 Å². The van der Waals surface area contributed by atoms with Crippen LogP contribution in [0.15, 0.2) is 0 Å². The van der Waals surface area contributed by atoms with E-state index in [-0.39, 0.29) is 24.6 Å². The summed E-state index contributed by atoms with van der Waals surface area (Å²) in [5.41, 5.74) is 0. The Bertz CT molecular complexity index is 306. The number of carbonyl (C=O) groups is 2. The van der Waals surface area contributed by atoms with Gasteiger partial charge in [-0.25, -0.2) is 0 Å². The Labute approximate surface area is 107 Å². The highest BCUT2D eigenvalue weighted by molar-refractivity contribution is 5.82. The van der Waals surface area contributed by atoms with E-state index in [0.29, 0.717) is 6.42 Å². The van der Waals surface area contributed by atoms with Crippen LogP contribution in [0.25, 0.3) is 0 Å². The van der Waals surface area contributed by atoms with Crippen LogP contribution in [0.4, 0.5) is 0 Å². The Hall–Kier alpha value is -1.10. The van der Waals surface area contributed by atoms with E-state index < -0.39 is 5.97 Å². The highest BCUT2D eigenvalue weighted by Gasteiger charge is 2.30. The molecule has 1 aliphatic heterocycles. The van der Waals surface area contributed by atoms with Gasteiger partial charge < -0.3 is 14.7 Å². The molecule has 1 amide bonds. The molecule has 18 heavy (non-hydrogen) atoms. The minimum Gasteiger partial charge on any atom is -0.480 e. The summed E-state index contributed by atoms with van der Waals surface area (Å²) in [5.74, 6) is -0.987. The monoisotopic (exact) mass is 255 g/mol. The number of carboxylic acids is 1. The molecule has 2 rings (SSSR count). The molecule has 1 atom stereocenters. The summed E-state index contributed by atoms with van der Waals surface area (Å²) in [6.45, 7) is 0.552. The van der Waals surface area contributed by atoms with Crippen LogP contribution in [0, 0.1) is 0 Å². The van der Waals surface area contributed by atoms with Gasteiger partial charge in [-0.1, -0.05) is 12.8 Å². The molecule has 0 spiro atoms. The van der Waals surface area contributed by atoms with Gasteiger partial charge in [0.05, 0.1) is 12.5 Å². The number of aliphatic carboxylic acids is 1. The molecule has 0 radical (unpaired) electrons. The van der Waals surface area contributed by atoms with Gasteiger partial charge >= 0.3 is 5.97 Å². The summed E-state index contributed by atoms with van der Waals surface area (Å²) >= 11 is 0. The summed E-state index contributed by atoms with van der Waals surface area (Å²) in [6, 6.07) is 0.120. The van der Waals surface area contributed by atoms with Crippen LogP contribution in [-0.2, 0) is 14.3 Å². The van der Waals surface area contributed by atoms with Gasteiger partial charge in [-0.3, -0.25) is 9.59 Å². The van der Waals surface area contributed by atoms with Crippen molar-refractivity contribution < 1.29 is 19.4 Å². The van der Waals surface area contributed by atoms with Crippen molar-refractivity contribution in [2.45, 2.75) is 57.1 Å². The molecule has 1 saturated heterocycles. The Morgan fingerprint density at radius 3 is 2.44 bits per heavy atom. The normalized spacial score (nSPS) is 24.3. The van der Waals surface area contributed by atoms with E-state index in [1.807, 2.05) is 0 Å². The number of rotatable bonds is 5. The second kappa shape index (κ2) is 6.18. The Morgan fingerprint density at radius 1 is 1.17 bits per heavy atom.